The third kappa shape index (κ3) is 4.14. The van der Waals surface area contributed by atoms with E-state index in [1.807, 2.05) is 36.1 Å². The van der Waals surface area contributed by atoms with Crippen LogP contribution < -0.4 is 31.4 Å². The molecule has 0 amide bonds. The lowest BCUT2D eigenvalue weighted by atomic mass is 10.2. The highest BCUT2D eigenvalue weighted by atomic mass is 16.5. The summed E-state index contributed by atoms with van der Waals surface area (Å²) < 4.78 is 8.98. The van der Waals surface area contributed by atoms with E-state index in [1.54, 1.807) is 30.1 Å². The van der Waals surface area contributed by atoms with Gasteiger partial charge in [-0.1, -0.05) is 0 Å². The summed E-state index contributed by atoms with van der Waals surface area (Å²) in [6, 6.07) is 7.44. The fraction of sp³-hybridized carbons (Fsp3) is 0.211. The van der Waals surface area contributed by atoms with Crippen LogP contribution in [0, 0.1) is 0 Å². The zero-order valence-corrected chi connectivity index (χ0v) is 15.8. The standard InChI is InChI=1S/C19H24N7O2/c1-25-6-3-4-13(11-25)12-26-19(21)17(10-23-26)24-16-9-18(28-2)14(20)8-15(16)22-5-7-27/h3-4,6-11,22,24H,5,12,20-21H2,1-2H3/q+1. The van der Waals surface area contributed by atoms with Crippen LogP contribution in [0.1, 0.15) is 5.56 Å². The van der Waals surface area contributed by atoms with Gasteiger partial charge in [0.1, 0.15) is 30.6 Å². The van der Waals surface area contributed by atoms with Crippen molar-refractivity contribution in [1.82, 2.24) is 9.78 Å². The highest BCUT2D eigenvalue weighted by molar-refractivity contribution is 5.83. The van der Waals surface area contributed by atoms with Crippen molar-refractivity contribution in [2.45, 2.75) is 6.54 Å². The van der Waals surface area contributed by atoms with E-state index < -0.39 is 0 Å². The van der Waals surface area contributed by atoms with Crippen LogP contribution in [0.5, 0.6) is 5.75 Å². The van der Waals surface area contributed by atoms with Gasteiger partial charge in [0.25, 0.3) is 0 Å². The predicted molar refractivity (Wildman–Crippen MR) is 109 cm³/mol. The molecule has 0 unspecified atom stereocenters. The Bertz CT molecular complexity index is 984. The first-order chi connectivity index (χ1) is 13.5. The maximum atomic E-state index is 10.7. The van der Waals surface area contributed by atoms with E-state index in [1.165, 1.54) is 0 Å². The lowest BCUT2D eigenvalue weighted by molar-refractivity contribution is -0.671. The molecule has 0 spiro atoms. The van der Waals surface area contributed by atoms with Crippen LogP contribution in [0.25, 0.3) is 0 Å². The molecule has 2 heterocycles. The minimum Gasteiger partial charge on any atom is -0.495 e. The molecule has 0 fully saturated rings. The number of aromatic nitrogens is 3. The lowest BCUT2D eigenvalue weighted by Gasteiger charge is -2.15. The largest absolute Gasteiger partial charge is 0.495 e. The van der Waals surface area contributed by atoms with Crippen molar-refractivity contribution < 1.29 is 14.1 Å². The van der Waals surface area contributed by atoms with Crippen molar-refractivity contribution in [2.75, 3.05) is 35.8 Å². The summed E-state index contributed by atoms with van der Waals surface area (Å²) in [6.07, 6.45) is 6.41. The highest BCUT2D eigenvalue weighted by Gasteiger charge is 2.13. The van der Waals surface area contributed by atoms with Gasteiger partial charge in [-0.25, -0.2) is 9.25 Å². The average molecular weight is 382 g/mol. The SMILES string of the molecule is COc1cc(Nc2cnn(Cc3ccc[n+](C)c3)c2N)c(NCC=O)cc1N. The maximum absolute atomic E-state index is 10.7. The number of methoxy groups -OCH3 is 1. The number of anilines is 5. The summed E-state index contributed by atoms with van der Waals surface area (Å²) in [5, 5.41) is 10.6. The molecule has 3 aromatic rings. The topological polar surface area (TPSA) is 124 Å². The Balaban J connectivity index is 1.87. The molecule has 0 saturated carbocycles. The zero-order chi connectivity index (χ0) is 20.1. The molecule has 2 aromatic heterocycles. The van der Waals surface area contributed by atoms with Crippen molar-refractivity contribution >= 4 is 34.9 Å². The van der Waals surface area contributed by atoms with Gasteiger partial charge in [0.15, 0.2) is 12.4 Å². The molecule has 9 nitrogen and oxygen atoms in total. The number of carbonyl (C=O) groups is 1. The van der Waals surface area contributed by atoms with Gasteiger partial charge in [0.05, 0.1) is 43.5 Å². The molecule has 0 aliphatic rings. The quantitative estimate of drug-likeness (QED) is 0.263. The van der Waals surface area contributed by atoms with Crippen LogP contribution in [0.3, 0.4) is 0 Å². The summed E-state index contributed by atoms with van der Waals surface area (Å²) in [7, 11) is 3.51. The Hall–Kier alpha value is -3.75. The summed E-state index contributed by atoms with van der Waals surface area (Å²) in [4.78, 5) is 10.7. The van der Waals surface area contributed by atoms with Gasteiger partial charge in [-0.3, -0.25) is 0 Å². The number of hydrogen-bond donors (Lipinski definition) is 4. The smallest absolute Gasteiger partial charge is 0.173 e. The van der Waals surface area contributed by atoms with E-state index in [4.69, 9.17) is 16.2 Å². The molecule has 1 aromatic carbocycles. The molecule has 0 bridgehead atoms. The monoisotopic (exact) mass is 382 g/mol. The van der Waals surface area contributed by atoms with Crippen LogP contribution in [0.15, 0.2) is 42.9 Å². The van der Waals surface area contributed by atoms with E-state index in [0.717, 1.165) is 11.8 Å². The summed E-state index contributed by atoms with van der Waals surface area (Å²) in [5.41, 5.74) is 15.8. The van der Waals surface area contributed by atoms with Gasteiger partial charge in [-0.15, -0.1) is 0 Å². The normalized spacial score (nSPS) is 10.5. The summed E-state index contributed by atoms with van der Waals surface area (Å²) in [5.74, 6) is 1.01. The third-order valence-electron chi connectivity index (χ3n) is 4.23. The van der Waals surface area contributed by atoms with Crippen LogP contribution >= 0.6 is 0 Å². The van der Waals surface area contributed by atoms with Gasteiger partial charge >= 0.3 is 0 Å². The number of ether oxygens (including phenoxy) is 1. The number of aryl methyl sites for hydroxylation is 1. The van der Waals surface area contributed by atoms with Crippen molar-refractivity contribution in [3.8, 4) is 5.75 Å². The van der Waals surface area contributed by atoms with Crippen LogP contribution in [-0.4, -0.2) is 29.7 Å². The molecular weight excluding hydrogens is 358 g/mol. The number of benzene rings is 1. The van der Waals surface area contributed by atoms with E-state index in [0.29, 0.717) is 40.9 Å². The number of nitrogens with two attached hydrogens (primary N) is 2. The van der Waals surface area contributed by atoms with Gasteiger partial charge < -0.3 is 31.6 Å². The lowest BCUT2D eigenvalue weighted by Crippen LogP contribution is -2.27. The zero-order valence-electron chi connectivity index (χ0n) is 15.8. The molecule has 6 N–H and O–H groups in total. The van der Waals surface area contributed by atoms with Gasteiger partial charge in [-0.2, -0.15) is 5.10 Å². The number of rotatable bonds is 8. The molecule has 9 heteroatoms. The molecule has 0 aliphatic carbocycles. The first-order valence-corrected chi connectivity index (χ1v) is 8.69. The van der Waals surface area contributed by atoms with E-state index >= 15 is 0 Å². The van der Waals surface area contributed by atoms with E-state index in [-0.39, 0.29) is 6.54 Å². The Labute approximate surface area is 162 Å². The van der Waals surface area contributed by atoms with Crippen LogP contribution in [0.2, 0.25) is 0 Å². The second kappa shape index (κ2) is 8.30. The molecule has 0 aliphatic heterocycles. The minimum atomic E-state index is 0.153. The van der Waals surface area contributed by atoms with Crippen molar-refractivity contribution in [3.63, 3.8) is 0 Å². The highest BCUT2D eigenvalue weighted by Crippen LogP contribution is 2.35. The maximum Gasteiger partial charge on any atom is 0.173 e. The van der Waals surface area contributed by atoms with Crippen molar-refractivity contribution in [3.05, 3.63) is 48.4 Å². The Kier molecular flexibility index (Phi) is 5.64. The molecule has 3 rings (SSSR count). The first kappa shape index (κ1) is 19.0. The number of hydrogen-bond acceptors (Lipinski definition) is 7. The summed E-state index contributed by atoms with van der Waals surface area (Å²) in [6.45, 7) is 0.698. The molecule has 28 heavy (non-hydrogen) atoms. The number of aldehydes is 1. The molecular formula is C19H24N7O2+. The Morgan fingerprint density at radius 3 is 2.82 bits per heavy atom. The van der Waals surface area contributed by atoms with E-state index in [9.17, 15) is 4.79 Å². The van der Waals surface area contributed by atoms with Crippen LogP contribution in [-0.2, 0) is 18.4 Å². The molecule has 146 valence electrons. The van der Waals surface area contributed by atoms with Crippen molar-refractivity contribution in [1.29, 1.82) is 0 Å². The number of nitrogens with one attached hydrogen (secondary N) is 2. The molecule has 0 radical (unpaired) electrons. The fourth-order valence-electron chi connectivity index (χ4n) is 2.85. The number of nitrogens with zero attached hydrogens (tertiary/aromatic N) is 3. The second-order valence-corrected chi connectivity index (χ2v) is 6.29. The molecule has 0 atom stereocenters. The van der Waals surface area contributed by atoms with Gasteiger partial charge in [0.2, 0.25) is 0 Å². The Morgan fingerprint density at radius 1 is 1.29 bits per heavy atom. The van der Waals surface area contributed by atoms with Crippen LogP contribution in [0.4, 0.5) is 28.6 Å². The van der Waals surface area contributed by atoms with Gasteiger partial charge in [0, 0.05) is 17.7 Å². The van der Waals surface area contributed by atoms with E-state index in [2.05, 4.69) is 15.7 Å². The number of carbonyl (C=O) groups excluding carboxylic acids is 1. The third-order valence-corrected chi connectivity index (χ3v) is 4.23. The predicted octanol–water partition coefficient (Wildman–Crippen LogP) is 1.28. The second-order valence-electron chi connectivity index (χ2n) is 6.29. The Morgan fingerprint density at radius 2 is 2.11 bits per heavy atom. The molecule has 0 saturated heterocycles. The summed E-state index contributed by atoms with van der Waals surface area (Å²) >= 11 is 0. The first-order valence-electron chi connectivity index (χ1n) is 8.69. The number of pyridine rings is 1. The van der Waals surface area contributed by atoms with Gasteiger partial charge in [-0.05, 0) is 12.1 Å². The average Bonchev–Trinajstić information content (AvgIpc) is 3.01. The van der Waals surface area contributed by atoms with Crippen molar-refractivity contribution in [2.24, 2.45) is 7.05 Å². The minimum absolute atomic E-state index is 0.153. The number of nitrogen functional groups attached to an aromatic ring is 2. The fourth-order valence-corrected chi connectivity index (χ4v) is 2.85.